The molecule has 1 aromatic heterocycles. The molecule has 19 heavy (non-hydrogen) atoms. The molecule has 0 spiro atoms. The minimum atomic E-state index is -0.839. The van der Waals surface area contributed by atoms with Gasteiger partial charge >= 0.3 is 5.97 Å². The zero-order valence-corrected chi connectivity index (χ0v) is 11.9. The predicted octanol–water partition coefficient (Wildman–Crippen LogP) is 1.76. The van der Waals surface area contributed by atoms with E-state index < -0.39 is 5.97 Å². The first-order valence-corrected chi connectivity index (χ1v) is 7.47. The minimum absolute atomic E-state index is 0.00970. The molecule has 0 aliphatic heterocycles. The SMILES string of the molecule is COCCn1c(SCC(=O)O)nnc1C1CCCC1. The molecule has 6 nitrogen and oxygen atoms in total. The van der Waals surface area contributed by atoms with E-state index in [9.17, 15) is 4.79 Å². The number of methoxy groups -OCH3 is 1. The minimum Gasteiger partial charge on any atom is -0.481 e. The fourth-order valence-corrected chi connectivity index (χ4v) is 3.10. The Hall–Kier alpha value is -1.08. The van der Waals surface area contributed by atoms with Crippen LogP contribution in [0.2, 0.25) is 0 Å². The van der Waals surface area contributed by atoms with Crippen LogP contribution in [0.4, 0.5) is 0 Å². The van der Waals surface area contributed by atoms with Crippen LogP contribution in [0.25, 0.3) is 0 Å². The van der Waals surface area contributed by atoms with Gasteiger partial charge in [-0.25, -0.2) is 0 Å². The molecule has 0 aromatic carbocycles. The third-order valence-corrected chi connectivity index (χ3v) is 4.26. The molecule has 7 heteroatoms. The third kappa shape index (κ3) is 3.70. The van der Waals surface area contributed by atoms with Gasteiger partial charge in [-0.05, 0) is 12.8 Å². The first kappa shape index (κ1) is 14.3. The molecule has 1 aliphatic rings. The van der Waals surface area contributed by atoms with Crippen molar-refractivity contribution in [2.45, 2.75) is 43.3 Å². The molecule has 0 bridgehead atoms. The number of thioether (sulfide) groups is 1. The molecule has 1 N–H and O–H groups in total. The Morgan fingerprint density at radius 3 is 2.84 bits per heavy atom. The van der Waals surface area contributed by atoms with E-state index in [0.717, 1.165) is 18.7 Å². The molecular formula is C12H19N3O3S. The van der Waals surface area contributed by atoms with Crippen LogP contribution in [0.3, 0.4) is 0 Å². The Morgan fingerprint density at radius 2 is 2.21 bits per heavy atom. The van der Waals surface area contributed by atoms with E-state index in [0.29, 0.717) is 24.2 Å². The maximum Gasteiger partial charge on any atom is 0.313 e. The molecule has 1 aliphatic carbocycles. The number of aliphatic carboxylic acids is 1. The van der Waals surface area contributed by atoms with Crippen molar-refractivity contribution < 1.29 is 14.6 Å². The number of ether oxygens (including phenoxy) is 1. The van der Waals surface area contributed by atoms with Gasteiger partial charge in [0.2, 0.25) is 0 Å². The molecular weight excluding hydrogens is 266 g/mol. The summed E-state index contributed by atoms with van der Waals surface area (Å²) < 4.78 is 7.13. The molecule has 0 amide bonds. The Balaban J connectivity index is 2.14. The van der Waals surface area contributed by atoms with Gasteiger partial charge in [0, 0.05) is 19.6 Å². The molecule has 106 valence electrons. The molecule has 0 atom stereocenters. The quantitative estimate of drug-likeness (QED) is 0.769. The lowest BCUT2D eigenvalue weighted by Crippen LogP contribution is -2.12. The number of carboxylic acid groups (broad SMARTS) is 1. The maximum atomic E-state index is 10.7. The normalized spacial score (nSPS) is 16.1. The second-order valence-corrected chi connectivity index (χ2v) is 5.59. The van der Waals surface area contributed by atoms with Gasteiger partial charge in [0.05, 0.1) is 12.4 Å². The first-order valence-electron chi connectivity index (χ1n) is 6.49. The Labute approximate surface area is 116 Å². The maximum absolute atomic E-state index is 10.7. The lowest BCUT2D eigenvalue weighted by atomic mass is 10.1. The molecule has 0 radical (unpaired) electrons. The topological polar surface area (TPSA) is 77.2 Å². The highest BCUT2D eigenvalue weighted by Gasteiger charge is 2.24. The summed E-state index contributed by atoms with van der Waals surface area (Å²) >= 11 is 1.22. The number of hydrogen-bond acceptors (Lipinski definition) is 5. The van der Waals surface area contributed by atoms with Gasteiger partial charge in [-0.1, -0.05) is 24.6 Å². The van der Waals surface area contributed by atoms with Gasteiger partial charge in [0.15, 0.2) is 5.16 Å². The summed E-state index contributed by atoms with van der Waals surface area (Å²) in [7, 11) is 1.66. The predicted molar refractivity (Wildman–Crippen MR) is 71.5 cm³/mol. The van der Waals surface area contributed by atoms with Crippen LogP contribution in [0.5, 0.6) is 0 Å². The number of hydrogen-bond donors (Lipinski definition) is 1. The zero-order valence-electron chi connectivity index (χ0n) is 11.0. The van der Waals surface area contributed by atoms with Crippen molar-refractivity contribution >= 4 is 17.7 Å². The average molecular weight is 285 g/mol. The van der Waals surface area contributed by atoms with Crippen LogP contribution in [0, 0.1) is 0 Å². The standard InChI is InChI=1S/C12H19N3O3S/c1-18-7-6-15-11(9-4-2-3-5-9)13-14-12(15)19-8-10(16)17/h9H,2-8H2,1H3,(H,16,17). The first-order chi connectivity index (χ1) is 9.22. The van der Waals surface area contributed by atoms with Gasteiger partial charge < -0.3 is 14.4 Å². The highest BCUT2D eigenvalue weighted by atomic mass is 32.2. The van der Waals surface area contributed by atoms with Crippen molar-refractivity contribution in [1.82, 2.24) is 14.8 Å². The van der Waals surface area contributed by atoms with Crippen LogP contribution in [-0.4, -0.2) is 45.3 Å². The van der Waals surface area contributed by atoms with E-state index in [1.165, 1.54) is 24.6 Å². The summed E-state index contributed by atoms with van der Waals surface area (Å²) in [5.41, 5.74) is 0. The van der Waals surface area contributed by atoms with Gasteiger partial charge in [-0.15, -0.1) is 10.2 Å². The van der Waals surface area contributed by atoms with Crippen molar-refractivity contribution in [3.8, 4) is 0 Å². The number of aromatic nitrogens is 3. The smallest absolute Gasteiger partial charge is 0.313 e. The molecule has 2 rings (SSSR count). The number of carboxylic acids is 1. The number of nitrogens with zero attached hydrogens (tertiary/aromatic N) is 3. The van der Waals surface area contributed by atoms with Gasteiger partial charge in [-0.2, -0.15) is 0 Å². The summed E-state index contributed by atoms with van der Waals surface area (Å²) in [5.74, 6) is 0.621. The van der Waals surface area contributed by atoms with Gasteiger partial charge in [0.1, 0.15) is 5.82 Å². The number of carbonyl (C=O) groups is 1. The monoisotopic (exact) mass is 285 g/mol. The van der Waals surface area contributed by atoms with E-state index >= 15 is 0 Å². The highest BCUT2D eigenvalue weighted by molar-refractivity contribution is 7.99. The van der Waals surface area contributed by atoms with Gasteiger partial charge in [-0.3, -0.25) is 4.79 Å². The van der Waals surface area contributed by atoms with Crippen LogP contribution in [0.1, 0.15) is 37.4 Å². The third-order valence-electron chi connectivity index (χ3n) is 3.31. The largest absolute Gasteiger partial charge is 0.481 e. The van der Waals surface area contributed by atoms with Crippen LogP contribution >= 0.6 is 11.8 Å². The van der Waals surface area contributed by atoms with Crippen molar-refractivity contribution in [3.63, 3.8) is 0 Å². The summed E-state index contributed by atoms with van der Waals surface area (Å²) in [4.78, 5) is 10.7. The van der Waals surface area contributed by atoms with Crippen LogP contribution in [0.15, 0.2) is 5.16 Å². The molecule has 1 saturated carbocycles. The summed E-state index contributed by atoms with van der Waals surface area (Å²) in [6.45, 7) is 1.26. The molecule has 0 saturated heterocycles. The average Bonchev–Trinajstić information content (AvgIpc) is 3.02. The van der Waals surface area contributed by atoms with Crippen LogP contribution < -0.4 is 0 Å². The van der Waals surface area contributed by atoms with Crippen molar-refractivity contribution in [3.05, 3.63) is 5.82 Å². The number of rotatable bonds is 7. The lowest BCUT2D eigenvalue weighted by molar-refractivity contribution is -0.133. The lowest BCUT2D eigenvalue weighted by Gasteiger charge is -2.12. The molecule has 1 heterocycles. The zero-order chi connectivity index (χ0) is 13.7. The van der Waals surface area contributed by atoms with Crippen molar-refractivity contribution in [2.75, 3.05) is 19.5 Å². The Bertz CT molecular complexity index is 430. The fraction of sp³-hybridized carbons (Fsp3) is 0.750. The van der Waals surface area contributed by atoms with Crippen LogP contribution in [-0.2, 0) is 16.1 Å². The van der Waals surface area contributed by atoms with E-state index in [4.69, 9.17) is 9.84 Å². The highest BCUT2D eigenvalue weighted by Crippen LogP contribution is 2.34. The Kier molecular flexibility index (Phi) is 5.21. The van der Waals surface area contributed by atoms with E-state index in [1.807, 2.05) is 4.57 Å². The summed E-state index contributed by atoms with van der Waals surface area (Å²) in [5, 5.41) is 17.9. The van der Waals surface area contributed by atoms with Crippen molar-refractivity contribution in [2.24, 2.45) is 0 Å². The Morgan fingerprint density at radius 1 is 1.47 bits per heavy atom. The molecule has 1 aromatic rings. The molecule has 1 fully saturated rings. The second kappa shape index (κ2) is 6.91. The fourth-order valence-electron chi connectivity index (χ4n) is 2.41. The van der Waals surface area contributed by atoms with E-state index in [-0.39, 0.29) is 5.75 Å². The van der Waals surface area contributed by atoms with Crippen molar-refractivity contribution in [1.29, 1.82) is 0 Å². The van der Waals surface area contributed by atoms with E-state index in [2.05, 4.69) is 10.2 Å². The van der Waals surface area contributed by atoms with Gasteiger partial charge in [0.25, 0.3) is 0 Å². The molecule has 0 unspecified atom stereocenters. The summed E-state index contributed by atoms with van der Waals surface area (Å²) in [6, 6.07) is 0. The van der Waals surface area contributed by atoms with E-state index in [1.54, 1.807) is 7.11 Å². The second-order valence-electron chi connectivity index (χ2n) is 4.65. The summed E-state index contributed by atoms with van der Waals surface area (Å²) in [6.07, 6.45) is 4.77.